The number of anilines is 1. The molecule has 1 aliphatic rings. The van der Waals surface area contributed by atoms with Gasteiger partial charge in [0, 0.05) is 13.1 Å². The Morgan fingerprint density at radius 3 is 2.35 bits per heavy atom. The van der Waals surface area contributed by atoms with Gasteiger partial charge in [0.2, 0.25) is 0 Å². The molecule has 1 atom stereocenters. The average Bonchev–Trinajstić information content (AvgIpc) is 2.37. The Bertz CT molecular complexity index is 468. The van der Waals surface area contributed by atoms with Crippen LogP contribution in [0.2, 0.25) is 5.02 Å². The summed E-state index contributed by atoms with van der Waals surface area (Å²) in [6.45, 7) is 2.33. The first-order valence-corrected chi connectivity index (χ1v) is 6.96. The molecule has 6 heteroatoms. The van der Waals surface area contributed by atoms with E-state index in [2.05, 4.69) is 0 Å². The first kappa shape index (κ1) is 15.4. The molecule has 0 radical (unpaired) electrons. The summed E-state index contributed by atoms with van der Waals surface area (Å²) in [7, 11) is 0. The number of hydrogen-bond acceptors (Lipinski definition) is 2. The molecule has 2 rings (SSSR count). The highest BCUT2D eigenvalue weighted by molar-refractivity contribution is 6.33. The molecule has 0 aromatic heterocycles. The van der Waals surface area contributed by atoms with E-state index < -0.39 is 18.2 Å². The van der Waals surface area contributed by atoms with Crippen molar-refractivity contribution in [1.82, 2.24) is 0 Å². The molecule has 1 aromatic carbocycles. The van der Waals surface area contributed by atoms with Crippen molar-refractivity contribution in [1.29, 1.82) is 0 Å². The third-order valence-electron chi connectivity index (χ3n) is 3.75. The molecule has 0 aliphatic carbocycles. The third kappa shape index (κ3) is 3.38. The van der Waals surface area contributed by atoms with Crippen LogP contribution in [-0.4, -0.2) is 24.4 Å². The summed E-state index contributed by atoms with van der Waals surface area (Å²) in [4.78, 5) is 1.87. The molecule has 0 bridgehead atoms. The summed E-state index contributed by atoms with van der Waals surface area (Å²) in [6, 6.07) is 5.18. The normalized spacial score (nSPS) is 19.2. The van der Waals surface area contributed by atoms with Gasteiger partial charge in [0.05, 0.1) is 22.7 Å². The summed E-state index contributed by atoms with van der Waals surface area (Å²) in [6.07, 6.45) is -4.53. The minimum absolute atomic E-state index is 0.0952. The van der Waals surface area contributed by atoms with E-state index in [0.29, 0.717) is 23.7 Å². The fourth-order valence-electron chi connectivity index (χ4n) is 2.49. The van der Waals surface area contributed by atoms with Crippen LogP contribution in [0.1, 0.15) is 31.4 Å². The fraction of sp³-hybridized carbons (Fsp3) is 0.571. The molecule has 0 spiro atoms. The topological polar surface area (TPSA) is 23.5 Å². The number of benzene rings is 1. The molecule has 1 aliphatic heterocycles. The minimum atomic E-state index is -4.11. The van der Waals surface area contributed by atoms with Crippen LogP contribution < -0.4 is 4.90 Å². The van der Waals surface area contributed by atoms with Gasteiger partial charge in [-0.1, -0.05) is 17.7 Å². The molecule has 1 saturated heterocycles. The Labute approximate surface area is 121 Å². The Hall–Kier alpha value is -0.940. The van der Waals surface area contributed by atoms with E-state index in [9.17, 15) is 18.3 Å². The van der Waals surface area contributed by atoms with Crippen molar-refractivity contribution in [2.45, 2.75) is 32.0 Å². The summed E-state index contributed by atoms with van der Waals surface area (Å²) < 4.78 is 37.9. The number of nitrogens with zero attached hydrogens (tertiary/aromatic N) is 1. The van der Waals surface area contributed by atoms with Gasteiger partial charge in [-0.05, 0) is 37.5 Å². The van der Waals surface area contributed by atoms with Crippen LogP contribution in [0.15, 0.2) is 18.2 Å². The number of alkyl halides is 3. The second-order valence-electron chi connectivity index (χ2n) is 5.19. The maximum absolute atomic E-state index is 12.6. The van der Waals surface area contributed by atoms with E-state index in [-0.39, 0.29) is 12.8 Å². The number of piperidine rings is 1. The highest BCUT2D eigenvalue weighted by Gasteiger charge is 2.41. The van der Waals surface area contributed by atoms with Crippen molar-refractivity contribution < 1.29 is 18.3 Å². The molecule has 20 heavy (non-hydrogen) atoms. The van der Waals surface area contributed by atoms with Gasteiger partial charge in [-0.25, -0.2) is 0 Å². The summed E-state index contributed by atoms with van der Waals surface area (Å²) in [5.41, 5.74) is 1.43. The number of halogens is 4. The molecule has 1 heterocycles. The van der Waals surface area contributed by atoms with Gasteiger partial charge in [0.15, 0.2) is 0 Å². The van der Waals surface area contributed by atoms with E-state index in [4.69, 9.17) is 11.6 Å². The maximum Gasteiger partial charge on any atom is 0.391 e. The van der Waals surface area contributed by atoms with E-state index in [0.717, 1.165) is 5.69 Å². The van der Waals surface area contributed by atoms with E-state index in [1.165, 1.54) is 0 Å². The smallest absolute Gasteiger partial charge is 0.389 e. The zero-order valence-corrected chi connectivity index (χ0v) is 11.9. The zero-order valence-electron chi connectivity index (χ0n) is 11.1. The lowest BCUT2D eigenvalue weighted by Gasteiger charge is -2.35. The van der Waals surface area contributed by atoms with Crippen molar-refractivity contribution in [3.05, 3.63) is 28.8 Å². The van der Waals surface area contributed by atoms with Gasteiger partial charge in [-0.3, -0.25) is 0 Å². The van der Waals surface area contributed by atoms with Crippen LogP contribution in [0.5, 0.6) is 0 Å². The van der Waals surface area contributed by atoms with Crippen LogP contribution >= 0.6 is 11.6 Å². The number of aliphatic hydroxyl groups excluding tert-OH is 1. The minimum Gasteiger partial charge on any atom is -0.389 e. The van der Waals surface area contributed by atoms with Gasteiger partial charge < -0.3 is 10.0 Å². The van der Waals surface area contributed by atoms with Crippen molar-refractivity contribution in [2.75, 3.05) is 18.0 Å². The Balaban J connectivity index is 2.07. The van der Waals surface area contributed by atoms with Crippen LogP contribution in [0.25, 0.3) is 0 Å². The van der Waals surface area contributed by atoms with Crippen LogP contribution in [-0.2, 0) is 0 Å². The quantitative estimate of drug-likeness (QED) is 0.886. The molecular formula is C14H17ClF3NO. The van der Waals surface area contributed by atoms with Crippen LogP contribution in [0.3, 0.4) is 0 Å². The van der Waals surface area contributed by atoms with Gasteiger partial charge in [-0.15, -0.1) is 0 Å². The lowest BCUT2D eigenvalue weighted by molar-refractivity contribution is -0.179. The number of rotatable bonds is 2. The van der Waals surface area contributed by atoms with Crippen molar-refractivity contribution in [3.8, 4) is 0 Å². The van der Waals surface area contributed by atoms with Gasteiger partial charge >= 0.3 is 6.18 Å². The molecule has 0 amide bonds. The summed E-state index contributed by atoms with van der Waals surface area (Å²) in [5, 5.41) is 9.94. The summed E-state index contributed by atoms with van der Waals surface area (Å²) in [5.74, 6) is -1.21. The molecule has 1 fully saturated rings. The van der Waals surface area contributed by atoms with Gasteiger partial charge in [0.1, 0.15) is 0 Å². The molecule has 0 unspecified atom stereocenters. The first-order chi connectivity index (χ1) is 9.29. The van der Waals surface area contributed by atoms with E-state index in [1.54, 1.807) is 25.1 Å². The highest BCUT2D eigenvalue weighted by atomic mass is 35.5. The van der Waals surface area contributed by atoms with Crippen molar-refractivity contribution in [3.63, 3.8) is 0 Å². The fourth-order valence-corrected chi connectivity index (χ4v) is 2.80. The van der Waals surface area contributed by atoms with Crippen LogP contribution in [0.4, 0.5) is 18.9 Å². The monoisotopic (exact) mass is 307 g/mol. The predicted molar refractivity (Wildman–Crippen MR) is 73.1 cm³/mol. The lowest BCUT2D eigenvalue weighted by atomic mass is 9.96. The van der Waals surface area contributed by atoms with Crippen molar-refractivity contribution >= 4 is 17.3 Å². The first-order valence-electron chi connectivity index (χ1n) is 6.58. The third-order valence-corrected chi connectivity index (χ3v) is 4.06. The SMILES string of the molecule is C[C@@H](O)c1ccc(N2CCC(C(F)(F)F)CC2)c(Cl)c1. The van der Waals surface area contributed by atoms with Gasteiger partial charge in [0.25, 0.3) is 0 Å². The zero-order chi connectivity index (χ0) is 14.9. The van der Waals surface area contributed by atoms with Crippen molar-refractivity contribution in [2.24, 2.45) is 5.92 Å². The Morgan fingerprint density at radius 1 is 1.30 bits per heavy atom. The predicted octanol–water partition coefficient (Wildman–Crippen LogP) is 4.17. The second-order valence-corrected chi connectivity index (χ2v) is 5.60. The number of aliphatic hydroxyl groups is 1. The molecular weight excluding hydrogens is 291 g/mol. The molecule has 1 aromatic rings. The molecule has 2 nitrogen and oxygen atoms in total. The van der Waals surface area contributed by atoms with Gasteiger partial charge in [-0.2, -0.15) is 13.2 Å². The molecule has 1 N–H and O–H groups in total. The highest BCUT2D eigenvalue weighted by Crippen LogP contribution is 2.37. The number of hydrogen-bond donors (Lipinski definition) is 1. The van der Waals surface area contributed by atoms with E-state index >= 15 is 0 Å². The Kier molecular flexibility index (Phi) is 4.49. The standard InChI is InChI=1S/C14H17ClF3NO/c1-9(20)10-2-3-13(12(15)8-10)19-6-4-11(5-7-19)14(16,17)18/h2-3,8-9,11,20H,4-7H2,1H3/t9-/m1/s1. The average molecular weight is 308 g/mol. The Morgan fingerprint density at radius 2 is 1.90 bits per heavy atom. The largest absolute Gasteiger partial charge is 0.391 e. The molecule has 0 saturated carbocycles. The second kappa shape index (κ2) is 5.82. The maximum atomic E-state index is 12.6. The summed E-state index contributed by atoms with van der Waals surface area (Å²) >= 11 is 6.16. The van der Waals surface area contributed by atoms with E-state index in [1.807, 2.05) is 4.90 Å². The molecule has 112 valence electrons. The lowest BCUT2D eigenvalue weighted by Crippen LogP contribution is -2.39. The van der Waals surface area contributed by atoms with Crippen LogP contribution in [0, 0.1) is 5.92 Å².